The molecule has 3 aromatic rings. The van der Waals surface area contributed by atoms with Crippen LogP contribution in [0.2, 0.25) is 0 Å². The first-order valence-electron chi connectivity index (χ1n) is 9.22. The molecule has 0 spiro atoms. The number of nitrogens with zero attached hydrogens (tertiary/aromatic N) is 3. The van der Waals surface area contributed by atoms with Crippen LogP contribution in [0, 0.1) is 5.92 Å². The number of aromatic nitrogens is 2. The molecule has 0 bridgehead atoms. The van der Waals surface area contributed by atoms with Crippen molar-refractivity contribution < 1.29 is 22.5 Å². The van der Waals surface area contributed by atoms with Gasteiger partial charge in [0.1, 0.15) is 0 Å². The Morgan fingerprint density at radius 1 is 1.28 bits per heavy atom. The first kappa shape index (κ1) is 19.6. The molecule has 2 aromatic heterocycles. The van der Waals surface area contributed by atoms with Gasteiger partial charge in [-0.05, 0) is 42.3 Å². The van der Waals surface area contributed by atoms with E-state index in [0.29, 0.717) is 31.2 Å². The third-order valence-corrected chi connectivity index (χ3v) is 5.66. The van der Waals surface area contributed by atoms with Crippen LogP contribution in [-0.4, -0.2) is 34.0 Å². The molecule has 0 saturated carbocycles. The number of amides is 1. The van der Waals surface area contributed by atoms with Gasteiger partial charge in [-0.1, -0.05) is 17.3 Å². The first-order valence-corrected chi connectivity index (χ1v) is 10.2. The maximum atomic E-state index is 13.3. The minimum Gasteiger partial charge on any atom is -0.339 e. The Balaban J connectivity index is 1.46. The molecule has 1 amide bonds. The number of hydrogen-bond acceptors (Lipinski definition) is 5. The van der Waals surface area contributed by atoms with E-state index in [9.17, 15) is 18.0 Å². The molecular weight excluding hydrogens is 403 g/mol. The van der Waals surface area contributed by atoms with Gasteiger partial charge in [-0.25, -0.2) is 0 Å². The number of hydrogen-bond donors (Lipinski definition) is 0. The Morgan fingerprint density at radius 3 is 2.86 bits per heavy atom. The van der Waals surface area contributed by atoms with E-state index in [4.69, 9.17) is 4.52 Å². The second-order valence-electron chi connectivity index (χ2n) is 7.03. The highest BCUT2D eigenvalue weighted by Crippen LogP contribution is 2.33. The van der Waals surface area contributed by atoms with Crippen LogP contribution in [0.25, 0.3) is 11.4 Å². The Labute approximate surface area is 169 Å². The number of carbonyl (C=O) groups is 1. The van der Waals surface area contributed by atoms with Crippen molar-refractivity contribution in [3.8, 4) is 11.4 Å². The number of benzene rings is 1. The summed E-state index contributed by atoms with van der Waals surface area (Å²) in [5.41, 5.74) is -0.322. The molecule has 4 rings (SSSR count). The predicted molar refractivity (Wildman–Crippen MR) is 101 cm³/mol. The molecule has 1 saturated heterocycles. The SMILES string of the molecule is O=C(c1ccccc1C(F)(F)F)N1CCC[C@@H](Cc2nc(-c3ccsc3)no2)C1. The highest BCUT2D eigenvalue weighted by Gasteiger charge is 2.36. The van der Waals surface area contributed by atoms with Crippen molar-refractivity contribution in [3.63, 3.8) is 0 Å². The molecule has 1 fully saturated rings. The van der Waals surface area contributed by atoms with Crippen molar-refractivity contribution in [2.24, 2.45) is 5.92 Å². The number of likely N-dealkylation sites (tertiary alicyclic amines) is 1. The van der Waals surface area contributed by atoms with Crippen molar-refractivity contribution in [3.05, 3.63) is 58.1 Å². The van der Waals surface area contributed by atoms with Crippen LogP contribution in [0.15, 0.2) is 45.6 Å². The zero-order chi connectivity index (χ0) is 20.4. The van der Waals surface area contributed by atoms with Crippen molar-refractivity contribution in [1.29, 1.82) is 0 Å². The Morgan fingerprint density at radius 2 is 2.10 bits per heavy atom. The molecule has 0 N–H and O–H groups in total. The van der Waals surface area contributed by atoms with Crippen LogP contribution < -0.4 is 0 Å². The fourth-order valence-electron chi connectivity index (χ4n) is 3.60. The molecule has 1 aliphatic rings. The van der Waals surface area contributed by atoms with E-state index < -0.39 is 17.6 Å². The van der Waals surface area contributed by atoms with Gasteiger partial charge in [0.05, 0.1) is 11.1 Å². The number of thiophene rings is 1. The van der Waals surface area contributed by atoms with E-state index in [2.05, 4.69) is 10.1 Å². The highest BCUT2D eigenvalue weighted by molar-refractivity contribution is 7.08. The summed E-state index contributed by atoms with van der Waals surface area (Å²) < 4.78 is 45.1. The minimum atomic E-state index is -4.57. The van der Waals surface area contributed by atoms with Gasteiger partial charge in [0, 0.05) is 30.5 Å². The van der Waals surface area contributed by atoms with Crippen molar-refractivity contribution in [2.75, 3.05) is 13.1 Å². The number of halogens is 3. The van der Waals surface area contributed by atoms with Crippen LogP contribution in [0.5, 0.6) is 0 Å². The average Bonchev–Trinajstić information content (AvgIpc) is 3.39. The normalized spacial score (nSPS) is 17.5. The lowest BCUT2D eigenvalue weighted by Gasteiger charge is -2.32. The maximum Gasteiger partial charge on any atom is 0.417 e. The third kappa shape index (κ3) is 4.34. The second kappa shape index (κ2) is 7.98. The summed E-state index contributed by atoms with van der Waals surface area (Å²) in [6.07, 6.45) is -2.51. The lowest BCUT2D eigenvalue weighted by atomic mass is 9.93. The topological polar surface area (TPSA) is 59.2 Å². The van der Waals surface area contributed by atoms with Gasteiger partial charge < -0.3 is 9.42 Å². The van der Waals surface area contributed by atoms with Gasteiger partial charge in [-0.3, -0.25) is 4.79 Å². The van der Waals surface area contributed by atoms with Crippen molar-refractivity contribution in [2.45, 2.75) is 25.4 Å². The summed E-state index contributed by atoms with van der Waals surface area (Å²) in [6.45, 7) is 0.798. The summed E-state index contributed by atoms with van der Waals surface area (Å²) in [7, 11) is 0. The van der Waals surface area contributed by atoms with E-state index in [1.54, 1.807) is 0 Å². The van der Waals surface area contributed by atoms with E-state index >= 15 is 0 Å². The minimum absolute atomic E-state index is 0.0570. The summed E-state index contributed by atoms with van der Waals surface area (Å²) in [6, 6.07) is 6.82. The molecule has 1 atom stereocenters. The fraction of sp³-hybridized carbons (Fsp3) is 0.350. The monoisotopic (exact) mass is 421 g/mol. The van der Waals surface area contributed by atoms with E-state index in [0.717, 1.165) is 24.5 Å². The van der Waals surface area contributed by atoms with E-state index in [1.165, 1.54) is 34.4 Å². The molecular formula is C20H18F3N3O2S. The molecule has 5 nitrogen and oxygen atoms in total. The predicted octanol–water partition coefficient (Wildman–Crippen LogP) is 4.91. The first-order chi connectivity index (χ1) is 13.9. The van der Waals surface area contributed by atoms with Gasteiger partial charge in [-0.2, -0.15) is 29.5 Å². The van der Waals surface area contributed by atoms with Gasteiger partial charge in [0.15, 0.2) is 0 Å². The van der Waals surface area contributed by atoms with Crippen molar-refractivity contribution >= 4 is 17.2 Å². The molecule has 3 heterocycles. The van der Waals surface area contributed by atoms with Gasteiger partial charge >= 0.3 is 6.18 Å². The lowest BCUT2D eigenvalue weighted by molar-refractivity contribution is -0.138. The zero-order valence-electron chi connectivity index (χ0n) is 15.4. The smallest absolute Gasteiger partial charge is 0.339 e. The number of carbonyl (C=O) groups excluding carboxylic acids is 1. The van der Waals surface area contributed by atoms with Gasteiger partial charge in [0.2, 0.25) is 11.7 Å². The van der Waals surface area contributed by atoms with E-state index in [1.807, 2.05) is 16.8 Å². The molecule has 1 aliphatic heterocycles. The Bertz CT molecular complexity index is 985. The fourth-order valence-corrected chi connectivity index (χ4v) is 4.23. The lowest BCUT2D eigenvalue weighted by Crippen LogP contribution is -2.41. The molecule has 29 heavy (non-hydrogen) atoms. The highest BCUT2D eigenvalue weighted by atomic mass is 32.1. The number of rotatable bonds is 4. The largest absolute Gasteiger partial charge is 0.417 e. The second-order valence-corrected chi connectivity index (χ2v) is 7.81. The molecule has 0 radical (unpaired) electrons. The standard InChI is InChI=1S/C20H18F3N3O2S/c21-20(22,23)16-6-2-1-5-15(16)19(27)26-8-3-4-13(11-26)10-17-24-18(25-28-17)14-7-9-29-12-14/h1-2,5-7,9,12-13H,3-4,8,10-11H2/t13-/m0/s1. The number of alkyl halides is 3. The van der Waals surface area contributed by atoms with Crippen LogP contribution in [0.4, 0.5) is 13.2 Å². The summed E-state index contributed by atoms with van der Waals surface area (Å²) >= 11 is 1.54. The molecule has 152 valence electrons. The van der Waals surface area contributed by atoms with Crippen LogP contribution in [0.3, 0.4) is 0 Å². The zero-order valence-corrected chi connectivity index (χ0v) is 16.2. The van der Waals surface area contributed by atoms with Crippen LogP contribution in [-0.2, 0) is 12.6 Å². The quantitative estimate of drug-likeness (QED) is 0.601. The molecule has 1 aromatic carbocycles. The summed E-state index contributed by atoms with van der Waals surface area (Å²) in [5.74, 6) is 0.457. The Hall–Kier alpha value is -2.68. The summed E-state index contributed by atoms with van der Waals surface area (Å²) in [5, 5.41) is 7.83. The summed E-state index contributed by atoms with van der Waals surface area (Å²) in [4.78, 5) is 18.7. The van der Waals surface area contributed by atoms with E-state index in [-0.39, 0.29) is 11.5 Å². The van der Waals surface area contributed by atoms with Gasteiger partial charge in [-0.15, -0.1) is 0 Å². The van der Waals surface area contributed by atoms with Crippen LogP contribution >= 0.6 is 11.3 Å². The Kier molecular flexibility index (Phi) is 5.40. The average molecular weight is 421 g/mol. The van der Waals surface area contributed by atoms with Gasteiger partial charge in [0.25, 0.3) is 5.91 Å². The molecule has 9 heteroatoms. The van der Waals surface area contributed by atoms with Crippen molar-refractivity contribution in [1.82, 2.24) is 15.0 Å². The molecule has 0 aliphatic carbocycles. The third-order valence-electron chi connectivity index (χ3n) is 4.98. The number of piperidine rings is 1. The molecule has 0 unspecified atom stereocenters. The van der Waals surface area contributed by atoms with Crippen LogP contribution in [0.1, 0.15) is 34.7 Å². The maximum absolute atomic E-state index is 13.3.